The van der Waals surface area contributed by atoms with E-state index in [1.54, 1.807) is 0 Å². The molecule has 1 heterocycles. The Morgan fingerprint density at radius 1 is 1.35 bits per heavy atom. The fraction of sp³-hybridized carbons (Fsp3) is 0.786. The predicted molar refractivity (Wildman–Crippen MR) is 73.0 cm³/mol. The molecule has 0 fully saturated rings. The molecule has 0 bridgehead atoms. The van der Waals surface area contributed by atoms with Crippen LogP contribution >= 0.6 is 0 Å². The lowest BCUT2D eigenvalue weighted by atomic mass is 9.86. The smallest absolute Gasteiger partial charge is 0.227 e. The Morgan fingerprint density at radius 2 is 2.15 bits per heavy atom. The van der Waals surface area contributed by atoms with E-state index in [1.165, 1.54) is 7.11 Å². The van der Waals surface area contributed by atoms with Crippen molar-refractivity contribution in [3.8, 4) is 0 Å². The van der Waals surface area contributed by atoms with Crippen molar-refractivity contribution >= 4 is 6.29 Å². The van der Waals surface area contributed by atoms with Crippen molar-refractivity contribution in [1.29, 1.82) is 0 Å². The highest BCUT2D eigenvalue weighted by Crippen LogP contribution is 2.25. The van der Waals surface area contributed by atoms with E-state index < -0.39 is 0 Å². The summed E-state index contributed by atoms with van der Waals surface area (Å²) in [5.41, 5.74) is 0.0137. The number of rotatable bonds is 11. The molecule has 6 nitrogen and oxygen atoms in total. The molecule has 1 aromatic rings. The minimum atomic E-state index is 0.0137. The third-order valence-corrected chi connectivity index (χ3v) is 3.09. The highest BCUT2D eigenvalue weighted by Gasteiger charge is 2.22. The lowest BCUT2D eigenvalue weighted by Crippen LogP contribution is -2.18. The zero-order valence-electron chi connectivity index (χ0n) is 12.6. The van der Waals surface area contributed by atoms with E-state index in [1.807, 2.05) is 0 Å². The van der Waals surface area contributed by atoms with E-state index in [0.717, 1.165) is 37.8 Å². The van der Waals surface area contributed by atoms with Crippen LogP contribution in [0.15, 0.2) is 4.52 Å². The third kappa shape index (κ3) is 6.77. The van der Waals surface area contributed by atoms with Crippen molar-refractivity contribution in [3.05, 3.63) is 11.7 Å². The predicted octanol–water partition coefficient (Wildman–Crippen LogP) is 2.52. The van der Waals surface area contributed by atoms with Gasteiger partial charge in [-0.2, -0.15) is 4.98 Å². The summed E-state index contributed by atoms with van der Waals surface area (Å²) in [4.78, 5) is 24.1. The number of aromatic nitrogens is 2. The maximum Gasteiger partial charge on any atom is 0.227 e. The van der Waals surface area contributed by atoms with Crippen LogP contribution in [-0.2, 0) is 27.4 Å². The van der Waals surface area contributed by atoms with E-state index in [0.29, 0.717) is 25.3 Å². The number of carbonyl (C=O) groups excluding carboxylic acids is 1. The number of carbonyl (C=O) groups is 1. The molecule has 0 N–H and O–H groups in total. The summed E-state index contributed by atoms with van der Waals surface area (Å²) in [6.45, 7) is 4.79. The van der Waals surface area contributed by atoms with Crippen LogP contribution in [0, 0.1) is 5.41 Å². The average Bonchev–Trinajstić information content (AvgIpc) is 2.81. The van der Waals surface area contributed by atoms with Crippen LogP contribution in [0.25, 0.3) is 0 Å². The highest BCUT2D eigenvalue weighted by molar-refractivity contribution is 5.48. The monoisotopic (exact) mass is 284 g/mol. The van der Waals surface area contributed by atoms with Gasteiger partial charge in [-0.1, -0.05) is 19.0 Å². The lowest BCUT2D eigenvalue weighted by Gasteiger charge is -2.21. The molecule has 0 aromatic carbocycles. The van der Waals surface area contributed by atoms with Gasteiger partial charge in [-0.05, 0) is 24.7 Å². The molecule has 0 radical (unpaired) electrons. The zero-order valence-corrected chi connectivity index (χ0v) is 12.6. The number of nitrogens with zero attached hydrogens (tertiary/aromatic N) is 2. The van der Waals surface area contributed by atoms with Crippen LogP contribution in [0.3, 0.4) is 0 Å². The van der Waals surface area contributed by atoms with Gasteiger partial charge in [-0.15, -0.1) is 0 Å². The first-order valence-electron chi connectivity index (χ1n) is 6.98. The van der Waals surface area contributed by atoms with Crippen molar-refractivity contribution < 1.29 is 19.1 Å². The minimum Gasteiger partial charge on any atom is -0.339 e. The maximum atomic E-state index is 10.2. The highest BCUT2D eigenvalue weighted by atomic mass is 17.2. The second-order valence-corrected chi connectivity index (χ2v) is 5.60. The Bertz CT molecular complexity index is 390. The summed E-state index contributed by atoms with van der Waals surface area (Å²) < 4.78 is 5.26. The molecule has 0 unspecified atom stereocenters. The minimum absolute atomic E-state index is 0.0137. The lowest BCUT2D eigenvalue weighted by molar-refractivity contribution is -0.275. The van der Waals surface area contributed by atoms with Gasteiger partial charge in [-0.3, -0.25) is 0 Å². The first-order chi connectivity index (χ1) is 9.57. The molecule has 20 heavy (non-hydrogen) atoms. The summed E-state index contributed by atoms with van der Waals surface area (Å²) in [6, 6.07) is 0. The van der Waals surface area contributed by atoms with Crippen molar-refractivity contribution in [3.63, 3.8) is 0 Å². The molecule has 0 amide bonds. The number of hydrogen-bond donors (Lipinski definition) is 0. The Labute approximate surface area is 119 Å². The summed E-state index contributed by atoms with van der Waals surface area (Å²) in [6.07, 6.45) is 5.61. The maximum absolute atomic E-state index is 10.2. The molecule has 0 aliphatic heterocycles. The molecule has 0 aliphatic rings. The standard InChI is InChI=1S/C14H24N2O4/c1-14(2,8-10-19-18-3)11-13-15-12(16-20-13)7-5-4-6-9-17/h9H,4-8,10-11H2,1-3H3. The largest absolute Gasteiger partial charge is 0.339 e. The van der Waals surface area contributed by atoms with Gasteiger partial charge in [0.15, 0.2) is 5.82 Å². The van der Waals surface area contributed by atoms with Gasteiger partial charge in [0.2, 0.25) is 5.89 Å². The molecule has 1 aromatic heterocycles. The van der Waals surface area contributed by atoms with Gasteiger partial charge in [0.25, 0.3) is 0 Å². The Morgan fingerprint density at radius 3 is 2.85 bits per heavy atom. The van der Waals surface area contributed by atoms with Crippen LogP contribution < -0.4 is 0 Å². The molecular formula is C14H24N2O4. The summed E-state index contributed by atoms with van der Waals surface area (Å²) in [7, 11) is 1.50. The molecule has 0 spiro atoms. The van der Waals surface area contributed by atoms with Gasteiger partial charge in [-0.25, -0.2) is 9.78 Å². The van der Waals surface area contributed by atoms with Gasteiger partial charge in [0, 0.05) is 19.3 Å². The Kier molecular flexibility index (Phi) is 7.40. The van der Waals surface area contributed by atoms with Crippen molar-refractivity contribution in [2.24, 2.45) is 5.41 Å². The van der Waals surface area contributed by atoms with E-state index in [9.17, 15) is 4.79 Å². The molecule has 0 atom stereocenters. The third-order valence-electron chi connectivity index (χ3n) is 3.09. The molecule has 0 saturated carbocycles. The van der Waals surface area contributed by atoms with Gasteiger partial charge in [0.05, 0.1) is 13.7 Å². The summed E-state index contributed by atoms with van der Waals surface area (Å²) in [5.74, 6) is 1.37. The van der Waals surface area contributed by atoms with Crippen LogP contribution in [0.4, 0.5) is 0 Å². The van der Waals surface area contributed by atoms with Gasteiger partial charge >= 0.3 is 0 Å². The zero-order chi connectivity index (χ0) is 14.8. The quantitative estimate of drug-likeness (QED) is 0.269. The first kappa shape index (κ1) is 16.8. The van der Waals surface area contributed by atoms with Gasteiger partial charge in [0.1, 0.15) is 6.29 Å². The average molecular weight is 284 g/mol. The number of hydrogen-bond acceptors (Lipinski definition) is 6. The molecule has 1 rings (SSSR count). The Balaban J connectivity index is 2.36. The molecule has 0 saturated heterocycles. The van der Waals surface area contributed by atoms with E-state index >= 15 is 0 Å². The van der Waals surface area contributed by atoms with Crippen molar-refractivity contribution in [1.82, 2.24) is 10.1 Å². The number of unbranched alkanes of at least 4 members (excludes halogenated alkanes) is 2. The molecule has 114 valence electrons. The fourth-order valence-corrected chi connectivity index (χ4v) is 1.87. The van der Waals surface area contributed by atoms with Crippen LogP contribution in [-0.4, -0.2) is 30.1 Å². The van der Waals surface area contributed by atoms with Crippen LogP contribution in [0.5, 0.6) is 0 Å². The SMILES string of the molecule is COOCCC(C)(C)Cc1nc(CCCCC=O)no1. The first-order valence-corrected chi connectivity index (χ1v) is 6.98. The van der Waals surface area contributed by atoms with E-state index in [4.69, 9.17) is 9.41 Å². The van der Waals surface area contributed by atoms with Crippen molar-refractivity contribution in [2.45, 2.75) is 52.4 Å². The molecular weight excluding hydrogens is 260 g/mol. The Hall–Kier alpha value is -1.27. The molecule has 0 aliphatic carbocycles. The van der Waals surface area contributed by atoms with E-state index in [2.05, 4.69) is 28.9 Å². The van der Waals surface area contributed by atoms with Gasteiger partial charge < -0.3 is 9.32 Å². The van der Waals surface area contributed by atoms with E-state index in [-0.39, 0.29) is 5.41 Å². The number of aryl methyl sites for hydroxylation is 1. The fourth-order valence-electron chi connectivity index (χ4n) is 1.87. The number of aldehydes is 1. The normalized spacial score (nSPS) is 11.8. The van der Waals surface area contributed by atoms with Crippen LogP contribution in [0.1, 0.15) is 51.2 Å². The topological polar surface area (TPSA) is 74.5 Å². The summed E-state index contributed by atoms with van der Waals surface area (Å²) >= 11 is 0. The summed E-state index contributed by atoms with van der Waals surface area (Å²) in [5, 5.41) is 3.96. The van der Waals surface area contributed by atoms with Crippen molar-refractivity contribution in [2.75, 3.05) is 13.7 Å². The van der Waals surface area contributed by atoms with Crippen LogP contribution in [0.2, 0.25) is 0 Å². The second-order valence-electron chi connectivity index (χ2n) is 5.60. The second kappa shape index (κ2) is 8.81. The molecule has 6 heteroatoms.